The standard InChI is InChI=1S/C20H27NO2/c1-3-6-16-13-20(22)18-7-4-5-8-19(18)21(16)14-15-9-11-17(23-2)12-10-15/h7,9-12,16,19H,3-6,8,13-14H2,1-2H3/t16-,19-/m0/s1. The molecule has 1 aliphatic carbocycles. The van der Waals surface area contributed by atoms with Crippen molar-refractivity contribution in [2.24, 2.45) is 0 Å². The summed E-state index contributed by atoms with van der Waals surface area (Å²) < 4.78 is 5.25. The zero-order valence-electron chi connectivity index (χ0n) is 14.3. The van der Waals surface area contributed by atoms with Gasteiger partial charge in [0, 0.05) is 30.6 Å². The van der Waals surface area contributed by atoms with Gasteiger partial charge in [0.25, 0.3) is 0 Å². The van der Waals surface area contributed by atoms with E-state index in [2.05, 4.69) is 30.0 Å². The van der Waals surface area contributed by atoms with Crippen LogP contribution < -0.4 is 4.74 Å². The number of carbonyl (C=O) groups is 1. The molecule has 1 aliphatic heterocycles. The summed E-state index contributed by atoms with van der Waals surface area (Å²) in [7, 11) is 1.70. The van der Waals surface area contributed by atoms with Crippen LogP contribution in [0.15, 0.2) is 35.9 Å². The average Bonchev–Trinajstić information content (AvgIpc) is 2.59. The Labute approximate surface area is 139 Å². The second kappa shape index (κ2) is 7.31. The lowest BCUT2D eigenvalue weighted by molar-refractivity contribution is -0.120. The van der Waals surface area contributed by atoms with Crippen LogP contribution in [0.4, 0.5) is 0 Å². The number of allylic oxidation sites excluding steroid dienone is 1. The van der Waals surface area contributed by atoms with Crippen molar-refractivity contribution in [1.82, 2.24) is 4.90 Å². The molecule has 3 rings (SSSR count). The molecule has 0 spiro atoms. The molecule has 0 bridgehead atoms. The molecule has 0 unspecified atom stereocenters. The van der Waals surface area contributed by atoms with Crippen molar-refractivity contribution < 1.29 is 9.53 Å². The van der Waals surface area contributed by atoms with E-state index in [1.807, 2.05) is 12.1 Å². The maximum Gasteiger partial charge on any atom is 0.161 e. The molecule has 1 saturated heterocycles. The smallest absolute Gasteiger partial charge is 0.161 e. The number of Topliss-reactive ketones (excluding diaryl/α,β-unsaturated/α-hetero) is 1. The van der Waals surface area contributed by atoms with Crippen LogP contribution in [0, 0.1) is 0 Å². The third-order valence-corrected chi connectivity index (χ3v) is 5.16. The van der Waals surface area contributed by atoms with Crippen molar-refractivity contribution in [1.29, 1.82) is 0 Å². The van der Waals surface area contributed by atoms with Crippen LogP contribution in [-0.2, 0) is 11.3 Å². The normalized spacial score (nSPS) is 25.0. The number of hydrogen-bond acceptors (Lipinski definition) is 3. The highest BCUT2D eigenvalue weighted by Gasteiger charge is 2.38. The Bertz CT molecular complexity index is 576. The van der Waals surface area contributed by atoms with E-state index in [9.17, 15) is 4.79 Å². The predicted octanol–water partition coefficient (Wildman–Crippen LogP) is 4.12. The molecule has 2 aliphatic rings. The number of nitrogens with zero attached hydrogens (tertiary/aromatic N) is 1. The Morgan fingerprint density at radius 3 is 2.74 bits per heavy atom. The van der Waals surface area contributed by atoms with Crippen LogP contribution in [0.5, 0.6) is 5.75 Å². The Balaban J connectivity index is 1.83. The fourth-order valence-electron chi connectivity index (χ4n) is 3.99. The molecule has 0 saturated carbocycles. The third kappa shape index (κ3) is 3.50. The highest BCUT2D eigenvalue weighted by Crippen LogP contribution is 2.35. The summed E-state index contributed by atoms with van der Waals surface area (Å²) in [4.78, 5) is 15.1. The van der Waals surface area contributed by atoms with Gasteiger partial charge in [-0.1, -0.05) is 31.6 Å². The van der Waals surface area contributed by atoms with Gasteiger partial charge in [-0.2, -0.15) is 0 Å². The highest BCUT2D eigenvalue weighted by molar-refractivity contribution is 5.97. The molecule has 3 nitrogen and oxygen atoms in total. The van der Waals surface area contributed by atoms with E-state index < -0.39 is 0 Å². The molecule has 0 N–H and O–H groups in total. The molecular weight excluding hydrogens is 286 g/mol. The van der Waals surface area contributed by atoms with Crippen molar-refractivity contribution >= 4 is 5.78 Å². The Morgan fingerprint density at radius 1 is 1.26 bits per heavy atom. The van der Waals surface area contributed by atoms with E-state index in [0.29, 0.717) is 24.3 Å². The van der Waals surface area contributed by atoms with E-state index in [4.69, 9.17) is 4.74 Å². The first-order valence-electron chi connectivity index (χ1n) is 8.85. The van der Waals surface area contributed by atoms with Crippen molar-refractivity contribution in [3.8, 4) is 5.75 Å². The number of hydrogen-bond donors (Lipinski definition) is 0. The number of ketones is 1. The van der Waals surface area contributed by atoms with Crippen LogP contribution in [0.2, 0.25) is 0 Å². The highest BCUT2D eigenvalue weighted by atomic mass is 16.5. The summed E-state index contributed by atoms with van der Waals surface area (Å²) in [5, 5.41) is 0. The van der Waals surface area contributed by atoms with E-state index >= 15 is 0 Å². The van der Waals surface area contributed by atoms with E-state index in [0.717, 1.165) is 43.6 Å². The maximum atomic E-state index is 12.5. The lowest BCUT2D eigenvalue weighted by Gasteiger charge is -2.44. The lowest BCUT2D eigenvalue weighted by Crippen LogP contribution is -2.51. The molecular formula is C20H27NO2. The SMILES string of the molecule is CCC[C@H]1CC(=O)C2=CCCC[C@@H]2N1Cc1ccc(OC)cc1. The summed E-state index contributed by atoms with van der Waals surface area (Å²) in [5.74, 6) is 1.28. The van der Waals surface area contributed by atoms with Crippen LogP contribution in [0.25, 0.3) is 0 Å². The van der Waals surface area contributed by atoms with Crippen LogP contribution in [-0.4, -0.2) is 29.9 Å². The number of rotatable bonds is 5. The van der Waals surface area contributed by atoms with E-state index in [1.165, 1.54) is 12.0 Å². The van der Waals surface area contributed by atoms with Gasteiger partial charge in [-0.15, -0.1) is 0 Å². The van der Waals surface area contributed by atoms with Crippen molar-refractivity contribution in [2.75, 3.05) is 7.11 Å². The van der Waals surface area contributed by atoms with Gasteiger partial charge in [0.2, 0.25) is 0 Å². The van der Waals surface area contributed by atoms with Gasteiger partial charge in [0.1, 0.15) is 5.75 Å². The molecule has 124 valence electrons. The molecule has 1 aromatic carbocycles. The Morgan fingerprint density at radius 2 is 2.04 bits per heavy atom. The molecule has 1 fully saturated rings. The van der Waals surface area contributed by atoms with Gasteiger partial charge in [-0.05, 0) is 43.4 Å². The van der Waals surface area contributed by atoms with Gasteiger partial charge in [-0.25, -0.2) is 0 Å². The number of carbonyl (C=O) groups excluding carboxylic acids is 1. The van der Waals surface area contributed by atoms with Crippen molar-refractivity contribution in [3.05, 3.63) is 41.5 Å². The molecule has 1 heterocycles. The number of piperidine rings is 1. The molecule has 0 aromatic heterocycles. The van der Waals surface area contributed by atoms with Crippen molar-refractivity contribution in [2.45, 2.75) is 64.1 Å². The number of likely N-dealkylation sites (tertiary alicyclic amines) is 1. The first-order valence-corrected chi connectivity index (χ1v) is 8.85. The third-order valence-electron chi connectivity index (χ3n) is 5.16. The minimum Gasteiger partial charge on any atom is -0.497 e. The summed E-state index contributed by atoms with van der Waals surface area (Å²) in [6, 6.07) is 9.04. The minimum absolute atomic E-state index is 0.323. The predicted molar refractivity (Wildman–Crippen MR) is 92.6 cm³/mol. The van der Waals surface area contributed by atoms with Crippen LogP contribution in [0.3, 0.4) is 0 Å². The van der Waals surface area contributed by atoms with E-state index in [1.54, 1.807) is 7.11 Å². The van der Waals surface area contributed by atoms with Gasteiger partial charge in [0.15, 0.2) is 5.78 Å². The summed E-state index contributed by atoms with van der Waals surface area (Å²) >= 11 is 0. The molecule has 0 amide bonds. The fraction of sp³-hybridized carbons (Fsp3) is 0.550. The number of fused-ring (bicyclic) bond motifs is 1. The largest absolute Gasteiger partial charge is 0.497 e. The Hall–Kier alpha value is -1.61. The number of benzene rings is 1. The average molecular weight is 313 g/mol. The summed E-state index contributed by atoms with van der Waals surface area (Å²) in [5.41, 5.74) is 2.38. The van der Waals surface area contributed by atoms with Crippen LogP contribution >= 0.6 is 0 Å². The molecule has 0 radical (unpaired) electrons. The molecule has 1 aromatic rings. The molecule has 3 heteroatoms. The lowest BCUT2D eigenvalue weighted by atomic mass is 9.81. The van der Waals surface area contributed by atoms with Gasteiger partial charge >= 0.3 is 0 Å². The maximum absolute atomic E-state index is 12.5. The second-order valence-corrected chi connectivity index (χ2v) is 6.70. The minimum atomic E-state index is 0.323. The number of methoxy groups -OCH3 is 1. The quantitative estimate of drug-likeness (QED) is 0.819. The summed E-state index contributed by atoms with van der Waals surface area (Å²) in [6.45, 7) is 3.13. The molecule has 2 atom stereocenters. The Kier molecular flexibility index (Phi) is 5.16. The fourth-order valence-corrected chi connectivity index (χ4v) is 3.99. The number of ether oxygens (including phenoxy) is 1. The zero-order chi connectivity index (χ0) is 16.2. The monoisotopic (exact) mass is 313 g/mol. The van der Waals surface area contributed by atoms with Gasteiger partial charge in [-0.3, -0.25) is 9.69 Å². The van der Waals surface area contributed by atoms with Gasteiger partial charge < -0.3 is 4.74 Å². The first kappa shape index (κ1) is 16.3. The topological polar surface area (TPSA) is 29.5 Å². The van der Waals surface area contributed by atoms with Gasteiger partial charge in [0.05, 0.1) is 7.11 Å². The second-order valence-electron chi connectivity index (χ2n) is 6.70. The first-order chi connectivity index (χ1) is 11.2. The summed E-state index contributed by atoms with van der Waals surface area (Å²) in [6.07, 6.45) is 8.49. The molecule has 23 heavy (non-hydrogen) atoms. The zero-order valence-corrected chi connectivity index (χ0v) is 14.3. The van der Waals surface area contributed by atoms with E-state index in [-0.39, 0.29) is 0 Å². The van der Waals surface area contributed by atoms with Crippen molar-refractivity contribution in [3.63, 3.8) is 0 Å². The van der Waals surface area contributed by atoms with Crippen LogP contribution in [0.1, 0.15) is 51.0 Å².